The fraction of sp³-hybridized carbons (Fsp3) is 0.474. The molecule has 1 aromatic carbocycles. The summed E-state index contributed by atoms with van der Waals surface area (Å²) in [6, 6.07) is 10.7. The number of carbonyl (C=O) groups is 1. The van der Waals surface area contributed by atoms with E-state index in [1.807, 2.05) is 48.1 Å². The van der Waals surface area contributed by atoms with Crippen LogP contribution in [0.4, 0.5) is 4.79 Å². The minimum Gasteiger partial charge on any atom is -0.335 e. The van der Waals surface area contributed by atoms with Crippen molar-refractivity contribution >= 4 is 6.03 Å². The molecule has 1 aliphatic rings. The Morgan fingerprint density at radius 2 is 2.08 bits per heavy atom. The molecule has 6 heteroatoms. The third kappa shape index (κ3) is 4.39. The summed E-state index contributed by atoms with van der Waals surface area (Å²) in [6.07, 6.45) is 5.14. The molecule has 3 rings (SSSR count). The molecular formula is C19H27N5O. The number of carbonyl (C=O) groups excluding carboxylic acids is 1. The van der Waals surface area contributed by atoms with Gasteiger partial charge in [-0.25, -0.2) is 9.48 Å². The molecule has 1 heterocycles. The van der Waals surface area contributed by atoms with Gasteiger partial charge in [0, 0.05) is 24.8 Å². The number of aryl methyl sites for hydroxylation is 1. The minimum absolute atomic E-state index is 0.101. The average molecular weight is 341 g/mol. The molecule has 1 aromatic heterocycles. The van der Waals surface area contributed by atoms with Crippen LogP contribution in [0, 0.1) is 6.92 Å². The Labute approximate surface area is 149 Å². The van der Waals surface area contributed by atoms with Gasteiger partial charge in [-0.05, 0) is 58.0 Å². The second-order valence-electron chi connectivity index (χ2n) is 6.98. The Kier molecular flexibility index (Phi) is 5.38. The third-order valence-electron chi connectivity index (χ3n) is 4.87. The molecule has 2 amide bonds. The SMILES string of the molecule is Cc1ccn(-c2ccccc2CNC(=O)N[C@H]2CC[C@H](N(C)C)C2)n1. The van der Waals surface area contributed by atoms with Gasteiger partial charge in [-0.1, -0.05) is 18.2 Å². The summed E-state index contributed by atoms with van der Waals surface area (Å²) in [6.45, 7) is 2.44. The van der Waals surface area contributed by atoms with Gasteiger partial charge in [0.1, 0.15) is 0 Å². The first kappa shape index (κ1) is 17.5. The van der Waals surface area contributed by atoms with Crippen molar-refractivity contribution in [3.8, 4) is 5.69 Å². The molecule has 2 aromatic rings. The van der Waals surface area contributed by atoms with Gasteiger partial charge >= 0.3 is 6.03 Å². The fourth-order valence-electron chi connectivity index (χ4n) is 3.40. The van der Waals surface area contributed by atoms with Crippen LogP contribution in [-0.4, -0.2) is 46.9 Å². The van der Waals surface area contributed by atoms with E-state index in [9.17, 15) is 4.79 Å². The molecule has 1 fully saturated rings. The molecule has 0 aliphatic heterocycles. The van der Waals surface area contributed by atoms with Gasteiger partial charge in [0.2, 0.25) is 0 Å². The van der Waals surface area contributed by atoms with E-state index in [0.717, 1.165) is 36.2 Å². The lowest BCUT2D eigenvalue weighted by Crippen LogP contribution is -2.41. The summed E-state index contributed by atoms with van der Waals surface area (Å²) >= 11 is 0. The summed E-state index contributed by atoms with van der Waals surface area (Å²) in [7, 11) is 4.20. The molecule has 6 nitrogen and oxygen atoms in total. The van der Waals surface area contributed by atoms with Gasteiger partial charge in [0.05, 0.1) is 11.4 Å². The van der Waals surface area contributed by atoms with E-state index in [4.69, 9.17) is 0 Å². The number of urea groups is 1. The number of amides is 2. The number of benzene rings is 1. The number of rotatable bonds is 5. The highest BCUT2D eigenvalue weighted by atomic mass is 16.2. The maximum Gasteiger partial charge on any atom is 0.315 e. The van der Waals surface area contributed by atoms with Gasteiger partial charge in [0.15, 0.2) is 0 Å². The Bertz CT molecular complexity index is 724. The monoisotopic (exact) mass is 341 g/mol. The molecule has 0 bridgehead atoms. The summed E-state index contributed by atoms with van der Waals surface area (Å²) in [5.41, 5.74) is 3.00. The predicted octanol–water partition coefficient (Wildman–Crippen LogP) is 2.46. The maximum absolute atomic E-state index is 12.2. The van der Waals surface area contributed by atoms with Crippen LogP contribution in [0.15, 0.2) is 36.5 Å². The van der Waals surface area contributed by atoms with Crippen molar-refractivity contribution < 1.29 is 4.79 Å². The first-order chi connectivity index (χ1) is 12.0. The second kappa shape index (κ2) is 7.70. The van der Waals surface area contributed by atoms with Crippen molar-refractivity contribution in [3.63, 3.8) is 0 Å². The highest BCUT2D eigenvalue weighted by molar-refractivity contribution is 5.74. The van der Waals surface area contributed by atoms with Gasteiger partial charge in [0.25, 0.3) is 0 Å². The molecule has 0 radical (unpaired) electrons. The number of para-hydroxylation sites is 1. The van der Waals surface area contributed by atoms with Gasteiger partial charge in [-0.3, -0.25) is 0 Å². The highest BCUT2D eigenvalue weighted by Gasteiger charge is 2.26. The standard InChI is InChI=1S/C19H27N5O/c1-14-10-11-24(22-14)18-7-5-4-6-15(18)13-20-19(25)21-16-8-9-17(12-16)23(2)3/h4-7,10-11,16-17H,8-9,12-13H2,1-3H3,(H2,20,21,25)/t16-,17-/m0/s1. The molecule has 0 saturated heterocycles. The lowest BCUT2D eigenvalue weighted by atomic mass is 10.2. The van der Waals surface area contributed by atoms with E-state index in [-0.39, 0.29) is 12.1 Å². The quantitative estimate of drug-likeness (QED) is 0.878. The maximum atomic E-state index is 12.2. The van der Waals surface area contributed by atoms with E-state index in [1.54, 1.807) is 0 Å². The Balaban J connectivity index is 1.56. The smallest absolute Gasteiger partial charge is 0.315 e. The number of nitrogens with one attached hydrogen (secondary N) is 2. The van der Waals surface area contributed by atoms with E-state index in [0.29, 0.717) is 12.6 Å². The highest BCUT2D eigenvalue weighted by Crippen LogP contribution is 2.22. The summed E-state index contributed by atoms with van der Waals surface area (Å²) < 4.78 is 1.85. The minimum atomic E-state index is -0.101. The molecule has 0 spiro atoms. The van der Waals surface area contributed by atoms with Crippen LogP contribution in [0.3, 0.4) is 0 Å². The Hall–Kier alpha value is -2.34. The third-order valence-corrected chi connectivity index (χ3v) is 4.87. The van der Waals surface area contributed by atoms with Crippen LogP contribution in [0.25, 0.3) is 5.69 Å². The summed E-state index contributed by atoms with van der Waals surface area (Å²) in [5, 5.41) is 10.5. The van der Waals surface area contributed by atoms with E-state index in [1.165, 1.54) is 0 Å². The summed E-state index contributed by atoms with van der Waals surface area (Å²) in [4.78, 5) is 14.5. The van der Waals surface area contributed by atoms with Crippen molar-refractivity contribution in [1.29, 1.82) is 0 Å². The van der Waals surface area contributed by atoms with Crippen molar-refractivity contribution in [2.45, 2.75) is 44.8 Å². The van der Waals surface area contributed by atoms with Crippen LogP contribution < -0.4 is 10.6 Å². The van der Waals surface area contributed by atoms with Gasteiger partial charge in [-0.15, -0.1) is 0 Å². The predicted molar refractivity (Wildman–Crippen MR) is 98.8 cm³/mol. The molecule has 134 valence electrons. The number of hydrogen-bond acceptors (Lipinski definition) is 3. The van der Waals surface area contributed by atoms with Crippen LogP contribution in [0.2, 0.25) is 0 Å². The van der Waals surface area contributed by atoms with Crippen molar-refractivity contribution in [2.75, 3.05) is 14.1 Å². The van der Waals surface area contributed by atoms with Crippen LogP contribution >= 0.6 is 0 Å². The molecule has 2 N–H and O–H groups in total. The average Bonchev–Trinajstić information content (AvgIpc) is 3.22. The number of nitrogens with zero attached hydrogens (tertiary/aromatic N) is 3. The number of aromatic nitrogens is 2. The van der Waals surface area contributed by atoms with Crippen LogP contribution in [0.1, 0.15) is 30.5 Å². The van der Waals surface area contributed by atoms with Crippen molar-refractivity contribution in [3.05, 3.63) is 47.8 Å². The topological polar surface area (TPSA) is 62.2 Å². The molecular weight excluding hydrogens is 314 g/mol. The lowest BCUT2D eigenvalue weighted by Gasteiger charge is -2.19. The van der Waals surface area contributed by atoms with Crippen molar-refractivity contribution in [2.24, 2.45) is 0 Å². The normalized spacial score (nSPS) is 20.0. The second-order valence-corrected chi connectivity index (χ2v) is 6.98. The largest absolute Gasteiger partial charge is 0.335 e. The molecule has 1 aliphatic carbocycles. The fourth-order valence-corrected chi connectivity index (χ4v) is 3.40. The molecule has 0 unspecified atom stereocenters. The zero-order chi connectivity index (χ0) is 17.8. The molecule has 2 atom stereocenters. The van der Waals surface area contributed by atoms with E-state index in [2.05, 4.69) is 34.7 Å². The van der Waals surface area contributed by atoms with E-state index < -0.39 is 0 Å². The molecule has 25 heavy (non-hydrogen) atoms. The molecule has 1 saturated carbocycles. The number of hydrogen-bond donors (Lipinski definition) is 2. The van der Waals surface area contributed by atoms with Crippen molar-refractivity contribution in [1.82, 2.24) is 25.3 Å². The zero-order valence-electron chi connectivity index (χ0n) is 15.2. The van der Waals surface area contributed by atoms with Gasteiger partial charge < -0.3 is 15.5 Å². The zero-order valence-corrected chi connectivity index (χ0v) is 15.2. The Morgan fingerprint density at radius 3 is 2.76 bits per heavy atom. The van der Waals surface area contributed by atoms with Crippen LogP contribution in [0.5, 0.6) is 0 Å². The van der Waals surface area contributed by atoms with Crippen LogP contribution in [-0.2, 0) is 6.54 Å². The lowest BCUT2D eigenvalue weighted by molar-refractivity contribution is 0.235. The Morgan fingerprint density at radius 1 is 1.28 bits per heavy atom. The van der Waals surface area contributed by atoms with Gasteiger partial charge in [-0.2, -0.15) is 5.10 Å². The first-order valence-electron chi connectivity index (χ1n) is 8.84. The summed E-state index contributed by atoms with van der Waals surface area (Å²) in [5.74, 6) is 0. The van der Waals surface area contributed by atoms with E-state index >= 15 is 0 Å². The first-order valence-corrected chi connectivity index (χ1v) is 8.84.